The van der Waals surface area contributed by atoms with Crippen molar-refractivity contribution in [2.24, 2.45) is 10.7 Å². The molecule has 1 heterocycles. The van der Waals surface area contributed by atoms with E-state index in [4.69, 9.17) is 10.5 Å². The lowest BCUT2D eigenvalue weighted by Crippen LogP contribution is -2.38. The molecule has 160 valence electrons. The number of nitrogens with zero attached hydrogens (tertiary/aromatic N) is 2. The number of benzene rings is 3. The maximum absolute atomic E-state index is 10.4. The second kappa shape index (κ2) is 10.1. The monoisotopic (exact) mass is 416 g/mol. The number of anilines is 1. The van der Waals surface area contributed by atoms with Crippen LogP contribution in [0.3, 0.4) is 0 Å². The molecule has 1 unspecified atom stereocenters. The third-order valence-electron chi connectivity index (χ3n) is 5.24. The van der Waals surface area contributed by atoms with Gasteiger partial charge in [-0.15, -0.1) is 0 Å². The predicted molar refractivity (Wildman–Crippen MR) is 124 cm³/mol. The molecule has 0 spiro atoms. The smallest absolute Gasteiger partial charge is 0.193 e. The molecule has 1 aliphatic heterocycles. The molecule has 4 rings (SSSR count). The Kier molecular flexibility index (Phi) is 6.82. The van der Waals surface area contributed by atoms with Crippen molar-refractivity contribution in [3.05, 3.63) is 90.0 Å². The molecule has 0 fully saturated rings. The molecule has 1 aliphatic rings. The van der Waals surface area contributed by atoms with Crippen molar-refractivity contribution >= 4 is 11.6 Å². The van der Waals surface area contributed by atoms with Crippen molar-refractivity contribution in [1.29, 1.82) is 0 Å². The lowest BCUT2D eigenvalue weighted by atomic mass is 10.00. The highest BCUT2D eigenvalue weighted by molar-refractivity contribution is 5.92. The number of aliphatic hydroxyl groups excluding tert-OH is 1. The van der Waals surface area contributed by atoms with Crippen molar-refractivity contribution in [3.63, 3.8) is 0 Å². The Morgan fingerprint density at radius 1 is 1.00 bits per heavy atom. The van der Waals surface area contributed by atoms with E-state index in [1.54, 1.807) is 0 Å². The van der Waals surface area contributed by atoms with Crippen LogP contribution in [0.5, 0.6) is 11.5 Å². The number of fused-ring (bicyclic) bond motifs is 1. The Balaban J connectivity index is 1.27. The highest BCUT2D eigenvalue weighted by Crippen LogP contribution is 2.23. The van der Waals surface area contributed by atoms with Crippen LogP contribution in [-0.2, 0) is 13.0 Å². The van der Waals surface area contributed by atoms with Gasteiger partial charge < -0.3 is 20.9 Å². The quantitative estimate of drug-likeness (QED) is 0.405. The van der Waals surface area contributed by atoms with Gasteiger partial charge in [-0.3, -0.25) is 9.89 Å². The molecule has 6 heteroatoms. The van der Waals surface area contributed by atoms with E-state index in [-0.39, 0.29) is 12.5 Å². The Morgan fingerprint density at radius 3 is 2.58 bits per heavy atom. The fraction of sp³-hybridized carbons (Fsp3) is 0.240. The molecule has 0 aliphatic carbocycles. The van der Waals surface area contributed by atoms with Crippen molar-refractivity contribution in [3.8, 4) is 11.5 Å². The van der Waals surface area contributed by atoms with Gasteiger partial charge in [0.25, 0.3) is 0 Å². The fourth-order valence-electron chi connectivity index (χ4n) is 3.72. The molecule has 0 radical (unpaired) electrons. The second-order valence-electron chi connectivity index (χ2n) is 7.70. The van der Waals surface area contributed by atoms with Crippen LogP contribution in [0.1, 0.15) is 11.1 Å². The summed E-state index contributed by atoms with van der Waals surface area (Å²) in [6.07, 6.45) is 0.440. The molecule has 0 bridgehead atoms. The van der Waals surface area contributed by atoms with E-state index in [1.807, 2.05) is 54.6 Å². The number of aliphatic hydroxyl groups is 1. The summed E-state index contributed by atoms with van der Waals surface area (Å²) in [4.78, 5) is 6.57. The number of ether oxygens (including phenoxy) is 1. The molecule has 3 aromatic carbocycles. The predicted octanol–water partition coefficient (Wildman–Crippen LogP) is 3.62. The van der Waals surface area contributed by atoms with Gasteiger partial charge in [-0.2, -0.15) is 0 Å². The summed E-state index contributed by atoms with van der Waals surface area (Å²) in [5, 5.41) is 13.5. The van der Waals surface area contributed by atoms with Crippen molar-refractivity contribution < 1.29 is 9.84 Å². The van der Waals surface area contributed by atoms with E-state index in [2.05, 4.69) is 39.5 Å². The number of hydrogen-bond donors (Lipinski definition) is 3. The summed E-state index contributed by atoms with van der Waals surface area (Å²) in [5.41, 5.74) is 9.54. The highest BCUT2D eigenvalue weighted by Gasteiger charge is 2.18. The number of β-amino-alcohol motifs (C(OH)–C–C–N with tert-alkyl or cyclic N) is 1. The van der Waals surface area contributed by atoms with Crippen LogP contribution < -0.4 is 15.8 Å². The van der Waals surface area contributed by atoms with Crippen molar-refractivity contribution in [2.45, 2.75) is 19.1 Å². The first-order valence-electron chi connectivity index (χ1n) is 10.5. The number of hydrogen-bond acceptors (Lipinski definition) is 4. The zero-order valence-corrected chi connectivity index (χ0v) is 17.4. The molecular formula is C25H28N4O2. The minimum Gasteiger partial charge on any atom is -0.457 e. The Bertz CT molecular complexity index is 1020. The van der Waals surface area contributed by atoms with Gasteiger partial charge in [0.05, 0.1) is 12.6 Å². The molecule has 0 saturated carbocycles. The van der Waals surface area contributed by atoms with Crippen LogP contribution >= 0.6 is 0 Å². The second-order valence-corrected chi connectivity index (χ2v) is 7.70. The van der Waals surface area contributed by atoms with E-state index < -0.39 is 6.10 Å². The van der Waals surface area contributed by atoms with Gasteiger partial charge >= 0.3 is 0 Å². The average molecular weight is 417 g/mol. The molecule has 0 saturated heterocycles. The van der Waals surface area contributed by atoms with Crippen molar-refractivity contribution in [2.75, 3.05) is 25.0 Å². The largest absolute Gasteiger partial charge is 0.457 e. The van der Waals surface area contributed by atoms with Crippen molar-refractivity contribution in [1.82, 2.24) is 4.90 Å². The third-order valence-corrected chi connectivity index (χ3v) is 5.24. The zero-order valence-electron chi connectivity index (χ0n) is 17.4. The summed E-state index contributed by atoms with van der Waals surface area (Å²) in [6, 6.07) is 25.6. The van der Waals surface area contributed by atoms with E-state index in [0.29, 0.717) is 12.3 Å². The Hall–Kier alpha value is -3.35. The molecule has 0 aromatic heterocycles. The van der Waals surface area contributed by atoms with E-state index in [0.717, 1.165) is 30.9 Å². The van der Waals surface area contributed by atoms with E-state index in [9.17, 15) is 5.11 Å². The van der Waals surface area contributed by atoms with Gasteiger partial charge in [-0.05, 0) is 41.8 Å². The summed E-state index contributed by atoms with van der Waals surface area (Å²) >= 11 is 0. The summed E-state index contributed by atoms with van der Waals surface area (Å²) < 4.78 is 5.84. The zero-order chi connectivity index (χ0) is 21.5. The number of aliphatic imine (C=N–C) groups is 1. The minimum absolute atomic E-state index is 0.247. The molecule has 6 nitrogen and oxygen atoms in total. The van der Waals surface area contributed by atoms with Gasteiger partial charge in [-0.25, -0.2) is 0 Å². The SMILES string of the molecule is NC(=NCC(O)CN1CCc2ccccc2C1)Nc1cccc(Oc2ccccc2)c1. The summed E-state index contributed by atoms with van der Waals surface area (Å²) in [7, 11) is 0. The summed E-state index contributed by atoms with van der Waals surface area (Å²) in [5.74, 6) is 1.74. The third kappa shape index (κ3) is 6.07. The van der Waals surface area contributed by atoms with Crippen LogP contribution in [-0.4, -0.2) is 41.7 Å². The maximum atomic E-state index is 10.4. The van der Waals surface area contributed by atoms with Crippen LogP contribution in [0, 0.1) is 0 Å². The molecule has 3 aromatic rings. The van der Waals surface area contributed by atoms with Gasteiger partial charge in [0.1, 0.15) is 11.5 Å². The van der Waals surface area contributed by atoms with E-state index >= 15 is 0 Å². The standard InChI is InChI=1S/C25H28N4O2/c26-25(28-21-9-6-12-24(15-21)31-23-10-2-1-3-11-23)27-16-22(30)18-29-14-13-19-7-4-5-8-20(19)17-29/h1-12,15,22,30H,13-14,16-18H2,(H3,26,27,28). The van der Waals surface area contributed by atoms with Gasteiger partial charge in [-0.1, -0.05) is 48.5 Å². The van der Waals surface area contributed by atoms with Gasteiger partial charge in [0.15, 0.2) is 5.96 Å². The fourth-order valence-corrected chi connectivity index (χ4v) is 3.72. The molecular weight excluding hydrogens is 388 g/mol. The molecule has 1 atom stereocenters. The lowest BCUT2D eigenvalue weighted by molar-refractivity contribution is 0.112. The first kappa shape index (κ1) is 20.9. The van der Waals surface area contributed by atoms with Gasteiger partial charge in [0.2, 0.25) is 0 Å². The summed E-state index contributed by atoms with van der Waals surface area (Å²) in [6.45, 7) is 2.63. The normalized spacial score (nSPS) is 15.2. The van der Waals surface area contributed by atoms with Crippen LogP contribution in [0.15, 0.2) is 83.9 Å². The van der Waals surface area contributed by atoms with E-state index in [1.165, 1.54) is 11.1 Å². The number of para-hydroxylation sites is 1. The topological polar surface area (TPSA) is 83.1 Å². The van der Waals surface area contributed by atoms with Gasteiger partial charge in [0, 0.05) is 31.4 Å². The Morgan fingerprint density at radius 2 is 1.74 bits per heavy atom. The first-order valence-corrected chi connectivity index (χ1v) is 10.5. The highest BCUT2D eigenvalue weighted by atomic mass is 16.5. The number of nitrogens with one attached hydrogen (secondary N) is 1. The lowest BCUT2D eigenvalue weighted by Gasteiger charge is -2.30. The number of nitrogens with two attached hydrogens (primary N) is 1. The molecule has 4 N–H and O–H groups in total. The minimum atomic E-state index is -0.571. The molecule has 0 amide bonds. The molecule has 31 heavy (non-hydrogen) atoms. The van der Waals surface area contributed by atoms with Crippen LogP contribution in [0.2, 0.25) is 0 Å². The first-order chi connectivity index (χ1) is 15.2. The Labute approximate surface area is 183 Å². The van der Waals surface area contributed by atoms with Crippen LogP contribution in [0.25, 0.3) is 0 Å². The van der Waals surface area contributed by atoms with Crippen LogP contribution in [0.4, 0.5) is 5.69 Å². The number of guanidine groups is 1. The average Bonchev–Trinajstić information content (AvgIpc) is 2.79. The number of rotatable bonds is 7. The maximum Gasteiger partial charge on any atom is 0.193 e.